The van der Waals surface area contributed by atoms with E-state index < -0.39 is 17.6 Å². The van der Waals surface area contributed by atoms with Gasteiger partial charge in [-0.3, -0.25) is 14.5 Å². The summed E-state index contributed by atoms with van der Waals surface area (Å²) in [4.78, 5) is 30.6. The Morgan fingerprint density at radius 3 is 2.50 bits per heavy atom. The lowest BCUT2D eigenvalue weighted by Crippen LogP contribution is -2.63. The van der Waals surface area contributed by atoms with Crippen LogP contribution in [0.4, 0.5) is 13.2 Å². The first-order valence-electron chi connectivity index (χ1n) is 11.3. The molecule has 10 heteroatoms. The van der Waals surface area contributed by atoms with E-state index in [4.69, 9.17) is 0 Å². The summed E-state index contributed by atoms with van der Waals surface area (Å²) in [7, 11) is 0. The Hall–Kier alpha value is -3.14. The van der Waals surface area contributed by atoms with Crippen LogP contribution < -0.4 is 10.6 Å². The Kier molecular flexibility index (Phi) is 7.06. The number of nitrogens with one attached hydrogen (secondary N) is 2. The van der Waals surface area contributed by atoms with Crippen LogP contribution in [0.3, 0.4) is 0 Å². The van der Waals surface area contributed by atoms with Gasteiger partial charge in [0, 0.05) is 36.5 Å². The van der Waals surface area contributed by atoms with E-state index in [1.54, 1.807) is 6.20 Å². The van der Waals surface area contributed by atoms with Gasteiger partial charge in [-0.25, -0.2) is 4.98 Å². The molecule has 0 unspecified atom stereocenters. The maximum atomic E-state index is 12.8. The molecular formula is C24H27F3N4O3. The largest absolute Gasteiger partial charge is 0.493 e. The molecule has 0 spiro atoms. The van der Waals surface area contributed by atoms with Crippen LogP contribution in [0.25, 0.3) is 0 Å². The number of carbonyl (C=O) groups is 2. The molecule has 2 aliphatic rings. The predicted octanol–water partition coefficient (Wildman–Crippen LogP) is 3.06. The second kappa shape index (κ2) is 10.0. The van der Waals surface area contributed by atoms with Crippen molar-refractivity contribution in [3.05, 3.63) is 59.3 Å². The molecule has 0 atom stereocenters. The number of aromatic nitrogens is 1. The molecule has 1 aromatic carbocycles. The molecule has 1 aliphatic heterocycles. The third-order valence-electron chi connectivity index (χ3n) is 6.61. The molecule has 1 saturated carbocycles. The normalized spacial score (nSPS) is 21.5. The first-order chi connectivity index (χ1) is 16.2. The molecular weight excluding hydrogens is 449 g/mol. The third-order valence-corrected chi connectivity index (χ3v) is 6.61. The number of benzene rings is 1. The Labute approximate surface area is 195 Å². The summed E-state index contributed by atoms with van der Waals surface area (Å²) in [6.07, 6.45) is 0.997. The molecule has 2 amide bonds. The van der Waals surface area contributed by atoms with E-state index in [1.807, 2.05) is 12.1 Å². The summed E-state index contributed by atoms with van der Waals surface area (Å²) in [5, 5.41) is 15.2. The average Bonchev–Trinajstić information content (AvgIpc) is 2.79. The summed E-state index contributed by atoms with van der Waals surface area (Å²) >= 11 is 0. The number of pyridine rings is 1. The van der Waals surface area contributed by atoms with Crippen molar-refractivity contribution in [1.29, 1.82) is 0 Å². The average molecular weight is 476 g/mol. The van der Waals surface area contributed by atoms with Crippen LogP contribution in [0.5, 0.6) is 5.88 Å². The minimum absolute atomic E-state index is 0.0157. The molecule has 3 N–H and O–H groups in total. The Morgan fingerprint density at radius 1 is 1.09 bits per heavy atom. The van der Waals surface area contributed by atoms with Gasteiger partial charge in [0.05, 0.1) is 18.2 Å². The quantitative estimate of drug-likeness (QED) is 0.596. The fourth-order valence-electron chi connectivity index (χ4n) is 4.76. The van der Waals surface area contributed by atoms with Crippen LogP contribution in [0.2, 0.25) is 0 Å². The van der Waals surface area contributed by atoms with E-state index in [2.05, 4.69) is 20.5 Å². The Bertz CT molecular complexity index is 1030. The van der Waals surface area contributed by atoms with E-state index >= 15 is 0 Å². The number of hydrogen-bond acceptors (Lipinski definition) is 5. The van der Waals surface area contributed by atoms with Gasteiger partial charge in [-0.1, -0.05) is 12.1 Å². The second-order valence-corrected chi connectivity index (χ2v) is 8.90. The van der Waals surface area contributed by atoms with Crippen molar-refractivity contribution in [3.8, 4) is 5.88 Å². The second-order valence-electron chi connectivity index (χ2n) is 8.90. The van der Waals surface area contributed by atoms with Gasteiger partial charge in [0.25, 0.3) is 5.91 Å². The van der Waals surface area contributed by atoms with E-state index in [-0.39, 0.29) is 29.9 Å². The van der Waals surface area contributed by atoms with Crippen molar-refractivity contribution in [3.63, 3.8) is 0 Å². The van der Waals surface area contributed by atoms with Crippen molar-refractivity contribution in [2.45, 2.75) is 49.9 Å². The minimum atomic E-state index is -4.54. The summed E-state index contributed by atoms with van der Waals surface area (Å²) in [6.45, 7) is 1.15. The van der Waals surface area contributed by atoms with Gasteiger partial charge in [0.1, 0.15) is 0 Å². The number of amides is 2. The maximum absolute atomic E-state index is 12.8. The van der Waals surface area contributed by atoms with E-state index in [9.17, 15) is 27.9 Å². The fourth-order valence-corrected chi connectivity index (χ4v) is 4.76. The topological polar surface area (TPSA) is 94.6 Å². The molecule has 7 nitrogen and oxygen atoms in total. The van der Waals surface area contributed by atoms with Gasteiger partial charge >= 0.3 is 6.18 Å². The van der Waals surface area contributed by atoms with Crippen molar-refractivity contribution < 1.29 is 27.9 Å². The molecule has 1 aliphatic carbocycles. The SMILES string of the molecule is O=C(CNC(=O)c1cccc(C(F)(F)F)c1)NC1CN([C@H]2CC[C@@H](c3cccnc3O)CC2)C1. The van der Waals surface area contributed by atoms with E-state index in [1.165, 1.54) is 6.07 Å². The Morgan fingerprint density at radius 2 is 1.82 bits per heavy atom. The van der Waals surface area contributed by atoms with Crippen LogP contribution in [0, 0.1) is 0 Å². The maximum Gasteiger partial charge on any atom is 0.416 e. The lowest BCUT2D eigenvalue weighted by molar-refractivity contribution is -0.137. The molecule has 34 heavy (non-hydrogen) atoms. The smallest absolute Gasteiger partial charge is 0.416 e. The first-order valence-corrected chi connectivity index (χ1v) is 11.3. The molecule has 2 fully saturated rings. The monoisotopic (exact) mass is 476 g/mol. The molecule has 182 valence electrons. The Balaban J connectivity index is 1.16. The zero-order valence-electron chi connectivity index (χ0n) is 18.5. The molecule has 2 aromatic rings. The highest BCUT2D eigenvalue weighted by Gasteiger charge is 2.36. The number of alkyl halides is 3. The van der Waals surface area contributed by atoms with Gasteiger partial charge in [-0.2, -0.15) is 13.2 Å². The molecule has 4 rings (SSSR count). The number of likely N-dealkylation sites (tertiary alicyclic amines) is 1. The molecule has 1 aromatic heterocycles. The van der Waals surface area contributed by atoms with E-state index in [0.717, 1.165) is 62.5 Å². The van der Waals surface area contributed by atoms with Gasteiger partial charge in [-0.05, 0) is 55.9 Å². The third kappa shape index (κ3) is 5.67. The minimum Gasteiger partial charge on any atom is -0.493 e. The van der Waals surface area contributed by atoms with Crippen molar-refractivity contribution in [2.75, 3.05) is 19.6 Å². The summed E-state index contributed by atoms with van der Waals surface area (Å²) in [5.41, 5.74) is -0.153. The van der Waals surface area contributed by atoms with Crippen molar-refractivity contribution in [1.82, 2.24) is 20.5 Å². The number of aromatic hydroxyl groups is 1. The first kappa shape index (κ1) is 24.0. The zero-order chi connectivity index (χ0) is 24.3. The highest BCUT2D eigenvalue weighted by Crippen LogP contribution is 2.38. The van der Waals surface area contributed by atoms with Gasteiger partial charge in [-0.15, -0.1) is 0 Å². The molecule has 1 saturated heterocycles. The number of halogens is 3. The van der Waals surface area contributed by atoms with Crippen LogP contribution in [0.1, 0.15) is 53.1 Å². The highest BCUT2D eigenvalue weighted by atomic mass is 19.4. The van der Waals surface area contributed by atoms with Crippen LogP contribution >= 0.6 is 0 Å². The summed E-state index contributed by atoms with van der Waals surface area (Å²) in [5.74, 6) is -0.686. The summed E-state index contributed by atoms with van der Waals surface area (Å²) in [6, 6.07) is 8.27. The number of rotatable bonds is 6. The summed E-state index contributed by atoms with van der Waals surface area (Å²) < 4.78 is 38.4. The van der Waals surface area contributed by atoms with Gasteiger partial charge in [0.2, 0.25) is 11.8 Å². The standard InChI is InChI=1S/C24H27F3N4O3/c25-24(26,27)17-4-1-3-16(11-17)22(33)29-12-21(32)30-18-13-31(14-18)19-8-6-15(7-9-19)20-5-2-10-28-23(20)34/h1-5,10-11,15,18-19H,6-9,12-14H2,(H,28,34)(H,29,33)(H,30,32)/t15-,19+. The van der Waals surface area contributed by atoms with Crippen molar-refractivity contribution in [2.24, 2.45) is 0 Å². The lowest BCUT2D eigenvalue weighted by atomic mass is 9.80. The molecule has 0 radical (unpaired) electrons. The van der Waals surface area contributed by atoms with Crippen LogP contribution in [-0.2, 0) is 11.0 Å². The fraction of sp³-hybridized carbons (Fsp3) is 0.458. The highest BCUT2D eigenvalue weighted by molar-refractivity contribution is 5.96. The van der Waals surface area contributed by atoms with Crippen LogP contribution in [-0.4, -0.2) is 58.5 Å². The zero-order valence-corrected chi connectivity index (χ0v) is 18.5. The number of carbonyl (C=O) groups excluding carboxylic acids is 2. The number of hydrogen-bond donors (Lipinski definition) is 3. The van der Waals surface area contributed by atoms with Crippen molar-refractivity contribution >= 4 is 11.8 Å². The lowest BCUT2D eigenvalue weighted by Gasteiger charge is -2.46. The van der Waals surface area contributed by atoms with Crippen LogP contribution in [0.15, 0.2) is 42.6 Å². The molecule has 0 bridgehead atoms. The number of nitrogens with zero attached hydrogens (tertiary/aromatic N) is 2. The van der Waals surface area contributed by atoms with Gasteiger partial charge in [0.15, 0.2) is 0 Å². The van der Waals surface area contributed by atoms with Gasteiger partial charge < -0.3 is 15.7 Å². The predicted molar refractivity (Wildman–Crippen MR) is 118 cm³/mol. The van der Waals surface area contributed by atoms with E-state index in [0.29, 0.717) is 12.0 Å². The molecule has 2 heterocycles.